The van der Waals surface area contributed by atoms with Crippen molar-refractivity contribution in [3.63, 3.8) is 0 Å². The molecule has 5 rings (SSSR count). The van der Waals surface area contributed by atoms with Crippen LogP contribution in [0, 0.1) is 11.6 Å². The number of carbonyl (C=O) groups is 1. The number of fused-ring (bicyclic) bond motifs is 2. The highest BCUT2D eigenvalue weighted by atomic mass is 19.1. The van der Waals surface area contributed by atoms with E-state index in [4.69, 9.17) is 0 Å². The zero-order valence-electron chi connectivity index (χ0n) is 16.8. The maximum atomic E-state index is 15.5. The molecule has 0 aliphatic carbocycles. The second-order valence-corrected chi connectivity index (χ2v) is 7.72. The van der Waals surface area contributed by atoms with Gasteiger partial charge in [-0.3, -0.25) is 14.2 Å². The Labute approximate surface area is 180 Å². The smallest absolute Gasteiger partial charge is 0.261 e. The molecule has 3 aromatic carbocycles. The molecule has 1 amide bonds. The van der Waals surface area contributed by atoms with Gasteiger partial charge in [0.1, 0.15) is 17.1 Å². The maximum absolute atomic E-state index is 15.5. The quantitative estimate of drug-likeness (QED) is 0.499. The maximum Gasteiger partial charge on any atom is 0.261 e. The van der Waals surface area contributed by atoms with Crippen LogP contribution >= 0.6 is 0 Å². The Hall–Kier alpha value is -4.07. The van der Waals surface area contributed by atoms with Crippen molar-refractivity contribution >= 4 is 27.6 Å². The van der Waals surface area contributed by atoms with Crippen LogP contribution in [0.4, 0.5) is 8.78 Å². The standard InChI is InChI=1S/C24H17F2N3O3/c1-2-20(31)28-10-14(11-28)29-12-27-23-18(24(29)32)9-19(25)21(22(23)26)17-8-15(30)7-13-5-3-4-6-16(13)17/h2-9,12,14,30H,1,10-11H2. The predicted molar refractivity (Wildman–Crippen MR) is 116 cm³/mol. The van der Waals surface area contributed by atoms with E-state index in [1.165, 1.54) is 34.0 Å². The highest BCUT2D eigenvalue weighted by Gasteiger charge is 2.32. The molecular formula is C24H17F2N3O3. The lowest BCUT2D eigenvalue weighted by molar-refractivity contribution is -0.131. The molecule has 0 saturated carbocycles. The van der Waals surface area contributed by atoms with Crippen LogP contribution in [0.25, 0.3) is 32.8 Å². The highest BCUT2D eigenvalue weighted by Crippen LogP contribution is 2.37. The molecule has 0 spiro atoms. The Morgan fingerprint density at radius 3 is 2.66 bits per heavy atom. The number of hydrogen-bond donors (Lipinski definition) is 1. The molecule has 1 aromatic heterocycles. The average Bonchev–Trinajstić information content (AvgIpc) is 2.74. The van der Waals surface area contributed by atoms with Crippen LogP contribution in [-0.2, 0) is 4.79 Å². The van der Waals surface area contributed by atoms with Crippen LogP contribution in [0.3, 0.4) is 0 Å². The summed E-state index contributed by atoms with van der Waals surface area (Å²) in [6.45, 7) is 4.00. The summed E-state index contributed by atoms with van der Waals surface area (Å²) >= 11 is 0. The molecule has 1 saturated heterocycles. The van der Waals surface area contributed by atoms with E-state index < -0.39 is 17.2 Å². The van der Waals surface area contributed by atoms with Gasteiger partial charge in [0, 0.05) is 13.1 Å². The number of nitrogens with zero attached hydrogens (tertiary/aromatic N) is 3. The van der Waals surface area contributed by atoms with E-state index in [0.29, 0.717) is 10.8 Å². The van der Waals surface area contributed by atoms with Gasteiger partial charge in [-0.05, 0) is 40.6 Å². The van der Waals surface area contributed by atoms with Crippen LogP contribution in [0.2, 0.25) is 0 Å². The van der Waals surface area contributed by atoms with Gasteiger partial charge in [-0.15, -0.1) is 0 Å². The molecule has 6 nitrogen and oxygen atoms in total. The summed E-state index contributed by atoms with van der Waals surface area (Å²) in [5.74, 6) is -2.29. The SMILES string of the molecule is C=CC(=O)N1CC(n2cnc3c(F)c(-c4cc(O)cc5ccccc45)c(F)cc3c2=O)C1. The fraction of sp³-hybridized carbons (Fsp3) is 0.125. The lowest BCUT2D eigenvalue weighted by Crippen LogP contribution is -2.52. The number of likely N-dealkylation sites (tertiary alicyclic amines) is 1. The van der Waals surface area contributed by atoms with E-state index in [0.717, 1.165) is 6.07 Å². The normalized spacial score (nSPS) is 14.0. The van der Waals surface area contributed by atoms with Crippen molar-refractivity contribution in [1.82, 2.24) is 14.5 Å². The van der Waals surface area contributed by atoms with Gasteiger partial charge >= 0.3 is 0 Å². The molecule has 1 aliphatic heterocycles. The van der Waals surface area contributed by atoms with Gasteiger partial charge in [-0.2, -0.15) is 0 Å². The minimum absolute atomic E-state index is 0.135. The van der Waals surface area contributed by atoms with E-state index in [1.54, 1.807) is 24.3 Å². The Morgan fingerprint density at radius 2 is 1.91 bits per heavy atom. The number of phenols is 1. The summed E-state index contributed by atoms with van der Waals surface area (Å²) < 4.78 is 32.0. The average molecular weight is 433 g/mol. The van der Waals surface area contributed by atoms with E-state index in [9.17, 15) is 14.7 Å². The first-order valence-corrected chi connectivity index (χ1v) is 9.91. The van der Waals surface area contributed by atoms with Crippen molar-refractivity contribution in [2.75, 3.05) is 13.1 Å². The van der Waals surface area contributed by atoms with Crippen molar-refractivity contribution < 1.29 is 18.7 Å². The summed E-state index contributed by atoms with van der Waals surface area (Å²) in [7, 11) is 0. The molecule has 4 aromatic rings. The van der Waals surface area contributed by atoms with Crippen molar-refractivity contribution in [1.29, 1.82) is 0 Å². The first kappa shape index (κ1) is 19.9. The number of benzene rings is 3. The summed E-state index contributed by atoms with van der Waals surface area (Å²) in [5.41, 5.74) is -1.04. The van der Waals surface area contributed by atoms with Crippen molar-refractivity contribution in [2.24, 2.45) is 0 Å². The van der Waals surface area contributed by atoms with Crippen molar-refractivity contribution in [2.45, 2.75) is 6.04 Å². The number of hydrogen-bond acceptors (Lipinski definition) is 4. The molecule has 1 N–H and O–H groups in total. The molecule has 1 aliphatic rings. The topological polar surface area (TPSA) is 75.4 Å². The van der Waals surface area contributed by atoms with Gasteiger partial charge in [0.05, 0.1) is 23.3 Å². The minimum atomic E-state index is -0.975. The summed E-state index contributed by atoms with van der Waals surface area (Å²) in [6.07, 6.45) is 2.41. The minimum Gasteiger partial charge on any atom is -0.508 e. The van der Waals surface area contributed by atoms with Gasteiger partial charge in [0.25, 0.3) is 5.56 Å². The van der Waals surface area contributed by atoms with Crippen LogP contribution in [0.15, 0.2) is 66.2 Å². The second-order valence-electron chi connectivity index (χ2n) is 7.72. The van der Waals surface area contributed by atoms with Gasteiger partial charge in [0.2, 0.25) is 5.91 Å². The van der Waals surface area contributed by atoms with Gasteiger partial charge in [0.15, 0.2) is 5.82 Å². The van der Waals surface area contributed by atoms with Crippen LogP contribution in [-0.4, -0.2) is 38.6 Å². The molecule has 1 fully saturated rings. The zero-order valence-corrected chi connectivity index (χ0v) is 16.8. The largest absolute Gasteiger partial charge is 0.508 e. The zero-order chi connectivity index (χ0) is 22.6. The molecule has 0 radical (unpaired) electrons. The van der Waals surface area contributed by atoms with Gasteiger partial charge in [-0.25, -0.2) is 13.8 Å². The van der Waals surface area contributed by atoms with Crippen molar-refractivity contribution in [3.8, 4) is 16.9 Å². The first-order valence-electron chi connectivity index (χ1n) is 9.91. The molecular weight excluding hydrogens is 416 g/mol. The molecule has 8 heteroatoms. The van der Waals surface area contributed by atoms with Crippen LogP contribution in [0.5, 0.6) is 5.75 Å². The molecule has 2 heterocycles. The molecule has 32 heavy (non-hydrogen) atoms. The predicted octanol–water partition coefficient (Wildman–Crippen LogP) is 3.77. The van der Waals surface area contributed by atoms with Crippen LogP contribution < -0.4 is 5.56 Å². The van der Waals surface area contributed by atoms with Gasteiger partial charge < -0.3 is 10.0 Å². The van der Waals surface area contributed by atoms with Crippen molar-refractivity contribution in [3.05, 3.63) is 83.4 Å². The summed E-state index contributed by atoms with van der Waals surface area (Å²) in [4.78, 5) is 30.2. The van der Waals surface area contributed by atoms with E-state index in [2.05, 4.69) is 11.6 Å². The Morgan fingerprint density at radius 1 is 1.16 bits per heavy atom. The number of amides is 1. The van der Waals surface area contributed by atoms with E-state index in [1.807, 2.05) is 0 Å². The lowest BCUT2D eigenvalue weighted by atomic mass is 9.96. The summed E-state index contributed by atoms with van der Waals surface area (Å²) in [6, 6.07) is 10.4. The Kier molecular flexibility index (Phi) is 4.51. The third-order valence-electron chi connectivity index (χ3n) is 5.83. The fourth-order valence-corrected chi connectivity index (χ4v) is 4.16. The monoisotopic (exact) mass is 433 g/mol. The van der Waals surface area contributed by atoms with Crippen LogP contribution in [0.1, 0.15) is 6.04 Å². The molecule has 160 valence electrons. The number of aromatic nitrogens is 2. The molecule has 0 unspecified atom stereocenters. The molecule has 0 bridgehead atoms. The third kappa shape index (κ3) is 2.95. The molecule has 0 atom stereocenters. The summed E-state index contributed by atoms with van der Waals surface area (Å²) in [5, 5.41) is 11.1. The number of halogens is 2. The number of aromatic hydroxyl groups is 1. The Balaban J connectivity index is 1.65. The van der Waals surface area contributed by atoms with E-state index >= 15 is 8.78 Å². The second kappa shape index (κ2) is 7.26. The first-order chi connectivity index (χ1) is 15.4. The number of phenolic OH excluding ortho intramolecular Hbond substituents is 1. The van der Waals surface area contributed by atoms with E-state index in [-0.39, 0.29) is 52.8 Å². The number of rotatable bonds is 3. The van der Waals surface area contributed by atoms with Gasteiger partial charge in [-0.1, -0.05) is 30.8 Å². The third-order valence-corrected chi connectivity index (χ3v) is 5.83. The number of carbonyl (C=O) groups excluding carboxylic acids is 1. The lowest BCUT2D eigenvalue weighted by Gasteiger charge is -2.39. The Bertz CT molecular complexity index is 1490. The highest BCUT2D eigenvalue weighted by molar-refractivity contribution is 6.00. The fourth-order valence-electron chi connectivity index (χ4n) is 4.16.